The number of aliphatic imine (C=N–C) groups is 1. The molecule has 1 spiro atoms. The number of rotatable bonds is 2. The van der Waals surface area contributed by atoms with Crippen LogP contribution in [0.5, 0.6) is 0 Å². The maximum Gasteiger partial charge on any atom is 0.410 e. The molecule has 2 fully saturated rings. The summed E-state index contributed by atoms with van der Waals surface area (Å²) in [5.41, 5.74) is 0.540. The lowest BCUT2D eigenvalue weighted by Gasteiger charge is -2.26. The zero-order chi connectivity index (χ0) is 16.0. The number of amides is 2. The van der Waals surface area contributed by atoms with Crippen LogP contribution < -0.4 is 0 Å². The van der Waals surface area contributed by atoms with Gasteiger partial charge in [0.05, 0.1) is 19.5 Å². The Morgan fingerprint density at radius 3 is 3.09 bits per heavy atom. The van der Waals surface area contributed by atoms with Crippen LogP contribution in [0.15, 0.2) is 16.1 Å². The highest BCUT2D eigenvalue weighted by Crippen LogP contribution is 2.34. The van der Waals surface area contributed by atoms with E-state index in [1.165, 1.54) is 0 Å². The van der Waals surface area contributed by atoms with Crippen molar-refractivity contribution in [3.8, 4) is 0 Å². The average molecular weight is 336 g/mol. The maximum absolute atomic E-state index is 12.6. The molecule has 0 bridgehead atoms. The van der Waals surface area contributed by atoms with E-state index in [1.807, 2.05) is 10.3 Å². The third-order valence-corrected chi connectivity index (χ3v) is 5.76. The van der Waals surface area contributed by atoms with Crippen LogP contribution in [-0.2, 0) is 9.53 Å². The summed E-state index contributed by atoms with van der Waals surface area (Å²) in [4.78, 5) is 34.3. The Bertz CT molecular complexity index is 620. The highest BCUT2D eigenvalue weighted by molar-refractivity contribution is 8.16. The number of carbonyl (C=O) groups excluding carboxylic acids is 2. The Morgan fingerprint density at radius 2 is 2.30 bits per heavy atom. The average Bonchev–Trinajstić information content (AvgIpc) is 3.19. The molecule has 0 N–H and O–H groups in total. The van der Waals surface area contributed by atoms with Crippen molar-refractivity contribution < 1.29 is 14.3 Å². The van der Waals surface area contributed by atoms with E-state index in [0.717, 1.165) is 36.8 Å². The molecule has 0 radical (unpaired) electrons. The summed E-state index contributed by atoms with van der Waals surface area (Å²) in [6.07, 6.45) is 1.86. The summed E-state index contributed by atoms with van der Waals surface area (Å²) in [5.74, 6) is 0.103. The number of hydrogen-bond donors (Lipinski definition) is 0. The van der Waals surface area contributed by atoms with Gasteiger partial charge in [0.2, 0.25) is 5.91 Å². The lowest BCUT2D eigenvalue weighted by atomic mass is 10.0. The lowest BCUT2D eigenvalue weighted by Crippen LogP contribution is -2.39. The summed E-state index contributed by atoms with van der Waals surface area (Å²) >= 11 is 1.61. The van der Waals surface area contributed by atoms with Crippen LogP contribution in [-0.4, -0.2) is 77.2 Å². The third-order valence-electron chi connectivity index (χ3n) is 4.81. The van der Waals surface area contributed by atoms with Gasteiger partial charge in [0.1, 0.15) is 0 Å². The SMILES string of the molecule is CN1C[C@@]2(CCN(C(=O)CC3=CSC4=NCCCN34)C2)OC1=O. The minimum Gasteiger partial charge on any atom is -0.439 e. The van der Waals surface area contributed by atoms with Crippen LogP contribution in [0.25, 0.3) is 0 Å². The van der Waals surface area contributed by atoms with E-state index < -0.39 is 5.60 Å². The van der Waals surface area contributed by atoms with Crippen LogP contribution in [0, 0.1) is 0 Å². The first kappa shape index (κ1) is 14.9. The lowest BCUT2D eigenvalue weighted by molar-refractivity contribution is -0.130. The number of carbonyl (C=O) groups is 2. The van der Waals surface area contributed by atoms with Gasteiger partial charge < -0.3 is 19.4 Å². The second-order valence-electron chi connectivity index (χ2n) is 6.55. The van der Waals surface area contributed by atoms with Gasteiger partial charge in [0.15, 0.2) is 10.8 Å². The summed E-state index contributed by atoms with van der Waals surface area (Å²) in [6.45, 7) is 3.54. The molecule has 0 aromatic heterocycles. The molecular weight excluding hydrogens is 316 g/mol. The van der Waals surface area contributed by atoms with Gasteiger partial charge in [-0.25, -0.2) is 4.79 Å². The molecule has 23 heavy (non-hydrogen) atoms. The van der Waals surface area contributed by atoms with Crippen molar-refractivity contribution in [2.75, 3.05) is 39.8 Å². The van der Waals surface area contributed by atoms with E-state index in [1.54, 1.807) is 23.7 Å². The number of likely N-dealkylation sites (N-methyl/N-ethyl adjacent to an activating group) is 1. The van der Waals surface area contributed by atoms with Gasteiger partial charge in [0, 0.05) is 38.8 Å². The highest BCUT2D eigenvalue weighted by atomic mass is 32.2. The fourth-order valence-electron chi connectivity index (χ4n) is 3.60. The summed E-state index contributed by atoms with van der Waals surface area (Å²) < 4.78 is 5.50. The minimum atomic E-state index is -0.502. The van der Waals surface area contributed by atoms with Gasteiger partial charge in [-0.1, -0.05) is 11.8 Å². The fraction of sp³-hybridized carbons (Fsp3) is 0.667. The van der Waals surface area contributed by atoms with Crippen molar-refractivity contribution in [1.29, 1.82) is 0 Å². The largest absolute Gasteiger partial charge is 0.439 e. The molecule has 8 heteroatoms. The minimum absolute atomic E-state index is 0.103. The number of hydrogen-bond acceptors (Lipinski definition) is 6. The van der Waals surface area contributed by atoms with Crippen LogP contribution in [0.4, 0.5) is 4.79 Å². The molecule has 1 atom stereocenters. The van der Waals surface area contributed by atoms with Crippen LogP contribution in [0.2, 0.25) is 0 Å². The van der Waals surface area contributed by atoms with Crippen molar-refractivity contribution in [3.63, 3.8) is 0 Å². The second-order valence-corrected chi connectivity index (χ2v) is 7.38. The van der Waals surface area contributed by atoms with Crippen molar-refractivity contribution in [2.45, 2.75) is 24.9 Å². The van der Waals surface area contributed by atoms with Gasteiger partial charge in [-0.15, -0.1) is 0 Å². The Hall–Kier alpha value is -1.70. The first-order valence-electron chi connectivity index (χ1n) is 7.96. The van der Waals surface area contributed by atoms with Gasteiger partial charge in [-0.3, -0.25) is 9.79 Å². The zero-order valence-electron chi connectivity index (χ0n) is 13.2. The number of thioether (sulfide) groups is 1. The Morgan fingerprint density at radius 1 is 1.43 bits per heavy atom. The van der Waals surface area contributed by atoms with Crippen molar-refractivity contribution in [3.05, 3.63) is 11.1 Å². The number of likely N-dealkylation sites (tertiary alicyclic amines) is 1. The number of fused-ring (bicyclic) bond motifs is 1. The normalized spacial score (nSPS) is 29.8. The van der Waals surface area contributed by atoms with Crippen LogP contribution in [0.1, 0.15) is 19.3 Å². The first-order chi connectivity index (χ1) is 11.1. The van der Waals surface area contributed by atoms with Crippen molar-refractivity contribution in [1.82, 2.24) is 14.7 Å². The molecular formula is C15H20N4O3S. The number of amidine groups is 1. The maximum atomic E-state index is 12.6. The smallest absolute Gasteiger partial charge is 0.410 e. The molecule has 7 nitrogen and oxygen atoms in total. The van der Waals surface area contributed by atoms with Gasteiger partial charge >= 0.3 is 6.09 Å². The quantitative estimate of drug-likeness (QED) is 0.755. The van der Waals surface area contributed by atoms with Crippen molar-refractivity contribution >= 4 is 28.9 Å². The summed E-state index contributed by atoms with van der Waals surface area (Å²) in [7, 11) is 1.74. The Kier molecular flexibility index (Phi) is 3.51. The highest BCUT2D eigenvalue weighted by Gasteiger charge is 2.49. The van der Waals surface area contributed by atoms with E-state index in [0.29, 0.717) is 26.1 Å². The molecule has 4 aliphatic heterocycles. The van der Waals surface area contributed by atoms with Gasteiger partial charge in [-0.2, -0.15) is 0 Å². The molecule has 0 aromatic rings. The number of ether oxygens (including phenoxy) is 1. The molecule has 4 heterocycles. The fourth-order valence-corrected chi connectivity index (χ4v) is 4.56. The topological polar surface area (TPSA) is 65.4 Å². The summed E-state index contributed by atoms with van der Waals surface area (Å²) in [5, 5.41) is 3.06. The van der Waals surface area contributed by atoms with Gasteiger partial charge in [-0.05, 0) is 11.8 Å². The monoisotopic (exact) mass is 336 g/mol. The molecule has 2 saturated heterocycles. The third kappa shape index (κ3) is 2.58. The van der Waals surface area contributed by atoms with E-state index in [2.05, 4.69) is 9.89 Å². The van der Waals surface area contributed by atoms with Crippen molar-refractivity contribution in [2.24, 2.45) is 4.99 Å². The molecule has 2 amide bonds. The van der Waals surface area contributed by atoms with E-state index in [9.17, 15) is 9.59 Å². The van der Waals surface area contributed by atoms with Crippen LogP contribution in [0.3, 0.4) is 0 Å². The molecule has 0 aromatic carbocycles. The first-order valence-corrected chi connectivity index (χ1v) is 8.84. The summed E-state index contributed by atoms with van der Waals surface area (Å²) in [6, 6.07) is 0. The molecule has 4 aliphatic rings. The Balaban J connectivity index is 1.38. The predicted octanol–water partition coefficient (Wildman–Crippen LogP) is 1.08. The molecule has 0 unspecified atom stereocenters. The Labute approximate surface area is 139 Å². The van der Waals surface area contributed by atoms with E-state index >= 15 is 0 Å². The zero-order valence-corrected chi connectivity index (χ0v) is 14.0. The van der Waals surface area contributed by atoms with E-state index in [4.69, 9.17) is 4.74 Å². The second kappa shape index (κ2) is 5.43. The molecule has 0 aliphatic carbocycles. The standard InChI is InChI=1S/C15H20N4O3S/c1-17-9-15(22-14(17)21)3-6-18(10-15)12(20)7-11-8-23-13-16-4-2-5-19(11)13/h8H,2-7,9-10H2,1H3/t15-/m1/s1. The number of nitrogens with zero attached hydrogens (tertiary/aromatic N) is 4. The molecule has 0 saturated carbocycles. The van der Waals surface area contributed by atoms with Crippen LogP contribution >= 0.6 is 11.8 Å². The predicted molar refractivity (Wildman–Crippen MR) is 87.0 cm³/mol. The van der Waals surface area contributed by atoms with Gasteiger partial charge in [0.25, 0.3) is 0 Å². The molecule has 4 rings (SSSR count). The molecule has 124 valence electrons. The van der Waals surface area contributed by atoms with E-state index in [-0.39, 0.29) is 12.0 Å².